The topological polar surface area (TPSA) is 130 Å². The van der Waals surface area contributed by atoms with Crippen LogP contribution in [-0.2, 0) is 39.9 Å². The largest absolute Gasteiger partial charge is 0.466 e. The first kappa shape index (κ1) is 24.6. The Morgan fingerprint density at radius 1 is 0.912 bits per heavy atom. The quantitative estimate of drug-likeness (QED) is 0.475. The zero-order chi connectivity index (χ0) is 25.0. The summed E-state index contributed by atoms with van der Waals surface area (Å²) in [5.74, 6) is -4.71. The number of fused-ring (bicyclic) bond motifs is 1. The van der Waals surface area contributed by atoms with Crippen molar-refractivity contribution in [3.63, 3.8) is 0 Å². The molecule has 0 atom stereocenters. The van der Waals surface area contributed by atoms with E-state index in [1.807, 2.05) is 0 Å². The van der Waals surface area contributed by atoms with Crippen LogP contribution in [0.25, 0.3) is 11.0 Å². The number of benzene rings is 1. The van der Waals surface area contributed by atoms with Crippen LogP contribution < -0.4 is 5.32 Å². The highest BCUT2D eigenvalue weighted by atomic mass is 16.6. The summed E-state index contributed by atoms with van der Waals surface area (Å²) >= 11 is 0. The fraction of sp³-hybridized carbons (Fsp3) is 0.333. The van der Waals surface area contributed by atoms with Crippen molar-refractivity contribution >= 4 is 34.8 Å². The van der Waals surface area contributed by atoms with Crippen LogP contribution in [0.3, 0.4) is 0 Å². The van der Waals surface area contributed by atoms with Crippen molar-refractivity contribution in [2.75, 3.05) is 20.8 Å². The van der Waals surface area contributed by atoms with Gasteiger partial charge in [0.15, 0.2) is 0 Å². The predicted octanol–water partition coefficient (Wildman–Crippen LogP) is 2.77. The molecule has 1 N–H and O–H groups in total. The minimum Gasteiger partial charge on any atom is -0.466 e. The number of carbonyl (C=O) groups excluding carboxylic acids is 4. The van der Waals surface area contributed by atoms with Gasteiger partial charge in [0.1, 0.15) is 18.1 Å². The molecule has 0 fully saturated rings. The van der Waals surface area contributed by atoms with Crippen LogP contribution >= 0.6 is 0 Å². The lowest BCUT2D eigenvalue weighted by Gasteiger charge is -2.28. The molecule has 0 radical (unpaired) electrons. The van der Waals surface area contributed by atoms with Gasteiger partial charge in [-0.15, -0.1) is 0 Å². The maximum atomic E-state index is 13.3. The van der Waals surface area contributed by atoms with Crippen molar-refractivity contribution in [2.24, 2.45) is 5.92 Å². The number of allylic oxidation sites excluding steroid dienone is 2. The minimum absolute atomic E-state index is 0.0823. The lowest BCUT2D eigenvalue weighted by atomic mass is 9.85. The molecule has 1 aromatic heterocycles. The molecule has 0 bridgehead atoms. The zero-order valence-electron chi connectivity index (χ0n) is 19.5. The number of nitrogens with one attached hydrogen (secondary N) is 1. The molecule has 3 rings (SSSR count). The van der Waals surface area contributed by atoms with Gasteiger partial charge in [-0.2, -0.15) is 0 Å². The molecular weight excluding hydrogens is 446 g/mol. The number of hydrogen-bond donors (Lipinski definition) is 1. The third-order valence-corrected chi connectivity index (χ3v) is 5.32. The van der Waals surface area contributed by atoms with E-state index in [2.05, 4.69) is 5.32 Å². The number of furan rings is 1. The van der Waals surface area contributed by atoms with Crippen LogP contribution in [0.4, 0.5) is 0 Å². The van der Waals surface area contributed by atoms with Gasteiger partial charge in [-0.25, -0.2) is 14.4 Å². The van der Waals surface area contributed by atoms with E-state index in [1.165, 1.54) is 0 Å². The van der Waals surface area contributed by atoms with Crippen molar-refractivity contribution < 1.29 is 42.5 Å². The van der Waals surface area contributed by atoms with Crippen molar-refractivity contribution in [3.05, 3.63) is 58.1 Å². The molecule has 34 heavy (non-hydrogen) atoms. The molecule has 0 aliphatic carbocycles. The van der Waals surface area contributed by atoms with Gasteiger partial charge in [0, 0.05) is 16.8 Å². The molecule has 2 heterocycles. The summed E-state index contributed by atoms with van der Waals surface area (Å²) in [7, 11) is 2.33. The first-order chi connectivity index (χ1) is 16.2. The first-order valence-electron chi connectivity index (χ1n) is 10.4. The van der Waals surface area contributed by atoms with Crippen LogP contribution in [0.15, 0.2) is 51.2 Å². The van der Waals surface area contributed by atoms with Gasteiger partial charge in [-0.05, 0) is 26.8 Å². The first-order valence-corrected chi connectivity index (χ1v) is 10.4. The molecule has 0 spiro atoms. The predicted molar refractivity (Wildman–Crippen MR) is 118 cm³/mol. The fourth-order valence-electron chi connectivity index (χ4n) is 3.82. The van der Waals surface area contributed by atoms with Gasteiger partial charge < -0.3 is 28.7 Å². The maximum Gasteiger partial charge on any atom is 0.374 e. The highest BCUT2D eigenvalue weighted by Crippen LogP contribution is 2.33. The Kier molecular flexibility index (Phi) is 7.40. The standard InChI is InChI=1S/C24H25NO9/c1-6-32-24(29)20-15(14-9-7-8-10-16(14)34-20)11-33-23(28)19-17(21(26)30-4)12(2)25-13(3)18(19)22(27)31-5/h7-10,19,25H,6,11H2,1-5H3. The Labute approximate surface area is 195 Å². The van der Waals surface area contributed by atoms with E-state index in [0.29, 0.717) is 27.9 Å². The zero-order valence-corrected chi connectivity index (χ0v) is 19.5. The van der Waals surface area contributed by atoms with E-state index in [1.54, 1.807) is 45.0 Å². The highest BCUT2D eigenvalue weighted by molar-refractivity contribution is 6.05. The number of carbonyl (C=O) groups is 4. The summed E-state index contributed by atoms with van der Waals surface area (Å²) in [4.78, 5) is 50.7. The van der Waals surface area contributed by atoms with Crippen LogP contribution in [0.1, 0.15) is 36.9 Å². The number of dihydropyridines is 1. The molecule has 1 aliphatic rings. The van der Waals surface area contributed by atoms with Gasteiger partial charge >= 0.3 is 23.9 Å². The summed E-state index contributed by atoms with van der Waals surface area (Å²) in [5.41, 5.74) is 1.22. The highest BCUT2D eigenvalue weighted by Gasteiger charge is 2.42. The second-order valence-electron chi connectivity index (χ2n) is 7.35. The summed E-state index contributed by atoms with van der Waals surface area (Å²) < 4.78 is 25.9. The normalized spacial score (nSPS) is 14.0. The molecule has 180 valence electrons. The molecule has 0 saturated heterocycles. The number of methoxy groups -OCH3 is 2. The molecule has 10 nitrogen and oxygen atoms in total. The molecule has 10 heteroatoms. The molecule has 0 saturated carbocycles. The lowest BCUT2D eigenvalue weighted by Crippen LogP contribution is -2.37. The van der Waals surface area contributed by atoms with E-state index in [-0.39, 0.29) is 30.1 Å². The second kappa shape index (κ2) is 10.2. The second-order valence-corrected chi connectivity index (χ2v) is 7.35. The number of ether oxygens (including phenoxy) is 4. The van der Waals surface area contributed by atoms with Crippen molar-refractivity contribution in [2.45, 2.75) is 27.4 Å². The Hall–Kier alpha value is -4.08. The van der Waals surface area contributed by atoms with Crippen LogP contribution in [0, 0.1) is 5.92 Å². The Bertz CT molecular complexity index is 1180. The monoisotopic (exact) mass is 471 g/mol. The third kappa shape index (κ3) is 4.52. The van der Waals surface area contributed by atoms with Crippen LogP contribution in [0.5, 0.6) is 0 Å². The average Bonchev–Trinajstić information content (AvgIpc) is 3.20. The summed E-state index contributed by atoms with van der Waals surface area (Å²) in [6, 6.07) is 6.86. The molecule has 2 aromatic rings. The summed E-state index contributed by atoms with van der Waals surface area (Å²) in [5, 5.41) is 3.46. The Balaban J connectivity index is 2.00. The van der Waals surface area contributed by atoms with E-state index < -0.39 is 29.8 Å². The smallest absolute Gasteiger partial charge is 0.374 e. The van der Waals surface area contributed by atoms with Gasteiger partial charge in [0.05, 0.1) is 37.5 Å². The summed E-state index contributed by atoms with van der Waals surface area (Å²) in [6.07, 6.45) is 0. The third-order valence-electron chi connectivity index (χ3n) is 5.32. The number of para-hydroxylation sites is 1. The van der Waals surface area contributed by atoms with Crippen LogP contribution in [-0.4, -0.2) is 44.7 Å². The van der Waals surface area contributed by atoms with Gasteiger partial charge in [0.2, 0.25) is 5.76 Å². The lowest BCUT2D eigenvalue weighted by molar-refractivity contribution is -0.152. The van der Waals surface area contributed by atoms with Crippen LogP contribution in [0.2, 0.25) is 0 Å². The van der Waals surface area contributed by atoms with Crippen molar-refractivity contribution in [3.8, 4) is 0 Å². The average molecular weight is 471 g/mol. The van der Waals surface area contributed by atoms with Crippen molar-refractivity contribution in [1.82, 2.24) is 5.32 Å². The summed E-state index contributed by atoms with van der Waals surface area (Å²) in [6.45, 7) is 4.57. The van der Waals surface area contributed by atoms with E-state index in [0.717, 1.165) is 14.2 Å². The minimum atomic E-state index is -1.40. The number of hydrogen-bond acceptors (Lipinski definition) is 10. The molecule has 0 amide bonds. The van der Waals surface area contributed by atoms with Gasteiger partial charge in [0.25, 0.3) is 0 Å². The molecular formula is C24H25NO9. The van der Waals surface area contributed by atoms with Crippen molar-refractivity contribution in [1.29, 1.82) is 0 Å². The maximum absolute atomic E-state index is 13.3. The van der Waals surface area contributed by atoms with E-state index in [4.69, 9.17) is 23.4 Å². The van der Waals surface area contributed by atoms with Gasteiger partial charge in [-0.3, -0.25) is 4.79 Å². The molecule has 1 aromatic carbocycles. The SMILES string of the molecule is CCOC(=O)c1oc2ccccc2c1COC(=O)C1C(C(=O)OC)=C(C)NC(C)=C1C(=O)OC. The molecule has 0 unspecified atom stereocenters. The number of esters is 4. The Morgan fingerprint density at radius 3 is 2.06 bits per heavy atom. The van der Waals surface area contributed by atoms with E-state index in [9.17, 15) is 19.2 Å². The molecule has 1 aliphatic heterocycles. The van der Waals surface area contributed by atoms with E-state index >= 15 is 0 Å². The fourth-order valence-corrected chi connectivity index (χ4v) is 3.82. The number of rotatable bonds is 7. The Morgan fingerprint density at radius 2 is 1.50 bits per heavy atom. The van der Waals surface area contributed by atoms with Gasteiger partial charge in [-0.1, -0.05) is 18.2 Å².